The minimum atomic E-state index is 0.686. The molecule has 0 aromatic heterocycles. The maximum Gasteiger partial charge on any atom is 0.0486 e. The van der Waals surface area contributed by atoms with Crippen LogP contribution < -0.4 is 5.32 Å². The summed E-state index contributed by atoms with van der Waals surface area (Å²) in [7, 11) is 0. The van der Waals surface area contributed by atoms with Gasteiger partial charge in [-0.05, 0) is 52.7 Å². The van der Waals surface area contributed by atoms with E-state index in [0.29, 0.717) is 6.04 Å². The van der Waals surface area contributed by atoms with Gasteiger partial charge in [-0.15, -0.1) is 0 Å². The van der Waals surface area contributed by atoms with Crippen molar-refractivity contribution in [2.75, 3.05) is 5.32 Å². The Labute approximate surface area is 131 Å². The molecule has 2 heteroatoms. The standard InChI is InChI=1S/C18H26BrN/c19-16-11-5-7-13-18(16)20-17-12-6-4-10-15(17)14-8-2-1-3-9-14/h5,7,11,13-15,17,20H,1-4,6,8-10,12H2. The van der Waals surface area contributed by atoms with E-state index in [4.69, 9.17) is 0 Å². The summed E-state index contributed by atoms with van der Waals surface area (Å²) in [4.78, 5) is 0. The third-order valence-corrected chi connectivity index (χ3v) is 5.98. The van der Waals surface area contributed by atoms with Crippen LogP contribution in [0.5, 0.6) is 0 Å². The van der Waals surface area contributed by atoms with Gasteiger partial charge in [0.1, 0.15) is 0 Å². The molecule has 2 atom stereocenters. The second-order valence-corrected chi connectivity index (χ2v) is 7.43. The average Bonchev–Trinajstić information content (AvgIpc) is 2.51. The van der Waals surface area contributed by atoms with E-state index >= 15 is 0 Å². The summed E-state index contributed by atoms with van der Waals surface area (Å²) in [5.74, 6) is 1.88. The SMILES string of the molecule is Brc1ccccc1NC1CCCCC1C1CCCCC1. The Hall–Kier alpha value is -0.500. The van der Waals surface area contributed by atoms with E-state index in [0.717, 1.165) is 11.8 Å². The monoisotopic (exact) mass is 335 g/mol. The maximum absolute atomic E-state index is 3.85. The van der Waals surface area contributed by atoms with E-state index in [1.165, 1.54) is 67.9 Å². The number of halogens is 1. The van der Waals surface area contributed by atoms with Crippen LogP contribution in [0.4, 0.5) is 5.69 Å². The van der Waals surface area contributed by atoms with E-state index in [1.807, 2.05) is 0 Å². The fourth-order valence-electron chi connectivity index (χ4n) is 4.24. The molecule has 2 saturated carbocycles. The molecule has 2 aliphatic rings. The zero-order chi connectivity index (χ0) is 13.8. The molecule has 0 radical (unpaired) electrons. The smallest absolute Gasteiger partial charge is 0.0486 e. The molecular formula is C18H26BrN. The highest BCUT2D eigenvalue weighted by atomic mass is 79.9. The van der Waals surface area contributed by atoms with Crippen LogP contribution in [-0.4, -0.2) is 6.04 Å². The third-order valence-electron chi connectivity index (χ3n) is 5.29. The molecule has 0 bridgehead atoms. The molecule has 0 aliphatic heterocycles. The van der Waals surface area contributed by atoms with Gasteiger partial charge in [0.05, 0.1) is 0 Å². The minimum absolute atomic E-state index is 0.686. The topological polar surface area (TPSA) is 12.0 Å². The van der Waals surface area contributed by atoms with E-state index < -0.39 is 0 Å². The summed E-state index contributed by atoms with van der Waals surface area (Å²) >= 11 is 3.68. The van der Waals surface area contributed by atoms with E-state index in [-0.39, 0.29) is 0 Å². The number of rotatable bonds is 3. The van der Waals surface area contributed by atoms with Crippen LogP contribution >= 0.6 is 15.9 Å². The summed E-state index contributed by atoms with van der Waals surface area (Å²) in [5, 5.41) is 3.85. The Bertz CT molecular complexity index is 425. The van der Waals surface area contributed by atoms with Crippen molar-refractivity contribution in [1.82, 2.24) is 0 Å². The van der Waals surface area contributed by atoms with Crippen molar-refractivity contribution in [2.24, 2.45) is 11.8 Å². The van der Waals surface area contributed by atoms with Gasteiger partial charge in [-0.3, -0.25) is 0 Å². The molecule has 0 spiro atoms. The number of hydrogen-bond acceptors (Lipinski definition) is 1. The van der Waals surface area contributed by atoms with E-state index in [1.54, 1.807) is 0 Å². The van der Waals surface area contributed by atoms with Gasteiger partial charge in [-0.25, -0.2) is 0 Å². The summed E-state index contributed by atoms with van der Waals surface area (Å²) in [5.41, 5.74) is 1.28. The lowest BCUT2D eigenvalue weighted by Gasteiger charge is -2.40. The molecule has 20 heavy (non-hydrogen) atoms. The molecule has 110 valence electrons. The first-order chi connectivity index (χ1) is 9.84. The number of hydrogen-bond donors (Lipinski definition) is 1. The largest absolute Gasteiger partial charge is 0.381 e. The fraction of sp³-hybridized carbons (Fsp3) is 0.667. The Morgan fingerprint density at radius 2 is 1.55 bits per heavy atom. The predicted octanol–water partition coefficient (Wildman–Crippen LogP) is 6.00. The summed E-state index contributed by atoms with van der Waals surface area (Å²) in [6, 6.07) is 9.25. The van der Waals surface area contributed by atoms with E-state index in [2.05, 4.69) is 45.5 Å². The first kappa shape index (κ1) is 14.4. The van der Waals surface area contributed by atoms with Crippen LogP contribution in [0.2, 0.25) is 0 Å². The fourth-order valence-corrected chi connectivity index (χ4v) is 4.64. The second kappa shape index (κ2) is 6.98. The average molecular weight is 336 g/mol. The highest BCUT2D eigenvalue weighted by Gasteiger charge is 2.32. The lowest BCUT2D eigenvalue weighted by Crippen LogP contribution is -2.37. The Morgan fingerprint density at radius 1 is 0.850 bits per heavy atom. The third kappa shape index (κ3) is 3.39. The zero-order valence-electron chi connectivity index (χ0n) is 12.3. The van der Waals surface area contributed by atoms with Crippen LogP contribution in [-0.2, 0) is 0 Å². The molecule has 0 saturated heterocycles. The summed E-state index contributed by atoms with van der Waals surface area (Å²) in [6.07, 6.45) is 12.9. The molecular weight excluding hydrogens is 310 g/mol. The van der Waals surface area contributed by atoms with Gasteiger partial charge in [-0.2, -0.15) is 0 Å². The Morgan fingerprint density at radius 3 is 2.35 bits per heavy atom. The molecule has 2 fully saturated rings. The van der Waals surface area contributed by atoms with Gasteiger partial charge in [0.25, 0.3) is 0 Å². The number of anilines is 1. The first-order valence-electron chi connectivity index (χ1n) is 8.35. The molecule has 0 heterocycles. The van der Waals surface area contributed by atoms with Crippen molar-refractivity contribution in [3.63, 3.8) is 0 Å². The van der Waals surface area contributed by atoms with E-state index in [9.17, 15) is 0 Å². The maximum atomic E-state index is 3.85. The van der Waals surface area contributed by atoms with Crippen LogP contribution in [0, 0.1) is 11.8 Å². The van der Waals surface area contributed by atoms with Crippen molar-refractivity contribution < 1.29 is 0 Å². The highest BCUT2D eigenvalue weighted by Crippen LogP contribution is 2.40. The molecule has 1 aromatic rings. The summed E-state index contributed by atoms with van der Waals surface area (Å²) in [6.45, 7) is 0. The first-order valence-corrected chi connectivity index (χ1v) is 9.15. The minimum Gasteiger partial charge on any atom is -0.381 e. The van der Waals surface area contributed by atoms with Crippen LogP contribution in [0.15, 0.2) is 28.7 Å². The molecule has 2 aliphatic carbocycles. The van der Waals surface area contributed by atoms with Crippen LogP contribution in [0.1, 0.15) is 57.8 Å². The van der Waals surface area contributed by atoms with Crippen molar-refractivity contribution in [3.8, 4) is 0 Å². The van der Waals surface area contributed by atoms with Gasteiger partial charge in [-0.1, -0.05) is 57.1 Å². The lowest BCUT2D eigenvalue weighted by atomic mass is 9.71. The Kier molecular flexibility index (Phi) is 5.04. The lowest BCUT2D eigenvalue weighted by molar-refractivity contribution is 0.180. The van der Waals surface area contributed by atoms with Gasteiger partial charge >= 0.3 is 0 Å². The van der Waals surface area contributed by atoms with Crippen LogP contribution in [0.25, 0.3) is 0 Å². The summed E-state index contributed by atoms with van der Waals surface area (Å²) < 4.78 is 1.20. The van der Waals surface area contributed by atoms with Gasteiger partial charge < -0.3 is 5.32 Å². The Balaban J connectivity index is 1.70. The van der Waals surface area contributed by atoms with Crippen molar-refractivity contribution in [1.29, 1.82) is 0 Å². The van der Waals surface area contributed by atoms with Crippen molar-refractivity contribution >= 4 is 21.6 Å². The van der Waals surface area contributed by atoms with Gasteiger partial charge in [0.15, 0.2) is 0 Å². The normalized spacial score (nSPS) is 28.2. The zero-order valence-corrected chi connectivity index (χ0v) is 13.9. The number of benzene rings is 1. The molecule has 1 nitrogen and oxygen atoms in total. The second-order valence-electron chi connectivity index (χ2n) is 6.58. The highest BCUT2D eigenvalue weighted by molar-refractivity contribution is 9.10. The van der Waals surface area contributed by atoms with Crippen molar-refractivity contribution in [2.45, 2.75) is 63.8 Å². The van der Waals surface area contributed by atoms with Crippen molar-refractivity contribution in [3.05, 3.63) is 28.7 Å². The molecule has 3 rings (SSSR count). The van der Waals surface area contributed by atoms with Gasteiger partial charge in [0.2, 0.25) is 0 Å². The van der Waals surface area contributed by atoms with Gasteiger partial charge in [0, 0.05) is 16.2 Å². The van der Waals surface area contributed by atoms with Crippen LogP contribution in [0.3, 0.4) is 0 Å². The molecule has 2 unspecified atom stereocenters. The number of para-hydroxylation sites is 1. The molecule has 0 amide bonds. The molecule has 1 aromatic carbocycles. The molecule has 1 N–H and O–H groups in total. The number of nitrogens with one attached hydrogen (secondary N) is 1. The quantitative estimate of drug-likeness (QED) is 0.714. The predicted molar refractivity (Wildman–Crippen MR) is 90.1 cm³/mol.